The van der Waals surface area contributed by atoms with Crippen LogP contribution in [0.5, 0.6) is 0 Å². The molecule has 0 aromatic heterocycles. The van der Waals surface area contributed by atoms with E-state index in [1.165, 1.54) is 39.8 Å². The van der Waals surface area contributed by atoms with Crippen LogP contribution in [0.25, 0.3) is 10.4 Å². The van der Waals surface area contributed by atoms with E-state index >= 15 is 9.59 Å². The van der Waals surface area contributed by atoms with Gasteiger partial charge in [-0.05, 0) is 51.0 Å². The average Bonchev–Trinajstić information content (AvgIpc) is 1.37. The first kappa shape index (κ1) is 84.5. The number of amides is 2. The summed E-state index contributed by atoms with van der Waals surface area (Å²) in [5.41, 5.74) is 16.1. The summed E-state index contributed by atoms with van der Waals surface area (Å²) < 4.78 is 136. The van der Waals surface area contributed by atoms with E-state index in [-0.39, 0.29) is 70.6 Å². The molecule has 0 N–H and O–H groups in total. The van der Waals surface area contributed by atoms with Gasteiger partial charge in [-0.15, -0.1) is 0 Å². The number of esters is 4. The maximum absolute atomic E-state index is 15.9. The van der Waals surface area contributed by atoms with Crippen molar-refractivity contribution in [1.29, 1.82) is 0 Å². The van der Waals surface area contributed by atoms with Crippen molar-refractivity contribution >= 4 is 35.7 Å². The minimum Gasteiger partial charge on any atom is -0.461 e. The number of hydrogen-bond donors (Lipinski definition) is 0. The second-order valence-electron chi connectivity index (χ2n) is 29.7. The van der Waals surface area contributed by atoms with E-state index in [1.54, 1.807) is 84.9 Å². The van der Waals surface area contributed by atoms with Gasteiger partial charge in [-0.1, -0.05) is 224 Å². The molecule has 0 unspecified atom stereocenters. The molecular formula is C90H92N4O26. The van der Waals surface area contributed by atoms with E-state index in [1.807, 2.05) is 133 Å². The number of imide groups is 1. The van der Waals surface area contributed by atoms with Gasteiger partial charge in [0.2, 0.25) is 0 Å². The molecule has 30 heteroatoms. The number of hydrogen-bond acceptors (Lipinski definition) is 27. The highest BCUT2D eigenvalue weighted by Crippen LogP contribution is 2.46. The molecule has 0 radical (unpaired) electrons. The number of fused-ring (bicyclic) bond motifs is 3. The van der Waals surface area contributed by atoms with Crippen molar-refractivity contribution in [2.45, 2.75) is 203 Å². The molecule has 15 rings (SSSR count). The van der Waals surface area contributed by atoms with E-state index in [0.29, 0.717) is 27.8 Å². The predicted molar refractivity (Wildman–Crippen MR) is 419 cm³/mol. The quantitative estimate of drug-likeness (QED) is 0.00944. The Labute approximate surface area is 691 Å². The lowest BCUT2D eigenvalue weighted by molar-refractivity contribution is -0.408. The monoisotopic (exact) mass is 1640 g/mol. The van der Waals surface area contributed by atoms with Crippen molar-refractivity contribution in [2.75, 3.05) is 26.4 Å². The predicted octanol–water partition coefficient (Wildman–Crippen LogP) is 11.3. The zero-order valence-electron chi connectivity index (χ0n) is 66.1. The zero-order valence-corrected chi connectivity index (χ0v) is 66.1. The average molecular weight is 1650 g/mol. The Morgan fingerprint density at radius 3 is 1.22 bits per heavy atom. The molecule has 8 aromatic rings. The number of azide groups is 1. The highest BCUT2D eigenvalue weighted by atomic mass is 16.8. The van der Waals surface area contributed by atoms with Gasteiger partial charge in [-0.25, -0.2) is 0 Å². The topological polar surface area (TPSA) is 339 Å². The molecule has 0 aliphatic carbocycles. The van der Waals surface area contributed by atoms with Crippen LogP contribution in [0.4, 0.5) is 0 Å². The van der Waals surface area contributed by atoms with Crippen LogP contribution in [0, 0.1) is 0 Å². The third kappa shape index (κ3) is 20.5. The summed E-state index contributed by atoms with van der Waals surface area (Å²) >= 11 is 0. The van der Waals surface area contributed by atoms with E-state index in [4.69, 9.17) is 94.7 Å². The lowest BCUT2D eigenvalue weighted by Crippen LogP contribution is -2.72. The molecule has 0 saturated carbocycles. The van der Waals surface area contributed by atoms with Crippen LogP contribution in [0.15, 0.2) is 236 Å². The summed E-state index contributed by atoms with van der Waals surface area (Å²) in [6.45, 7) is 3.48. The SMILES string of the molecule is CC(=O)OCc1ccc(CO[C@@H]2O[C@H](COCc3ccccc3)[C@@H](O[C@@H]3O[C@@H]4CO[C@H](c5ccccc5)O[C@@H]4[C@H](O[C@@H]4O[C@H](COCc5ccccc5)[C@@H](O[C@@H]5O[C@@H]6CO[C@H](c7ccccc7)O[C@@H]6[C@H](OC(C)=O)[C@H]5OC(C)=O)[C@H](OCc5ccccc5)[C@H]4N4C(=O)c5ccccc5C4=O)[C@H]3OC(C)=O)[C@H](OCc3ccccc3)[C@H]2N=[N+]=[N-])cc1. The number of benzene rings is 8. The maximum Gasteiger partial charge on any atom is 0.303 e. The van der Waals surface area contributed by atoms with Gasteiger partial charge in [0.05, 0.1) is 70.6 Å². The molecule has 7 aliphatic rings. The van der Waals surface area contributed by atoms with Crippen molar-refractivity contribution in [3.05, 3.63) is 297 Å². The maximum atomic E-state index is 15.9. The van der Waals surface area contributed by atoms with Gasteiger partial charge >= 0.3 is 23.9 Å². The summed E-state index contributed by atoms with van der Waals surface area (Å²) in [7, 11) is 0. The number of nitrogens with zero attached hydrogens (tertiary/aromatic N) is 4. The van der Waals surface area contributed by atoms with Crippen LogP contribution in [0.3, 0.4) is 0 Å². The Bertz CT molecular complexity index is 4740. The molecule has 6 fully saturated rings. The van der Waals surface area contributed by atoms with Crippen molar-refractivity contribution in [3.8, 4) is 0 Å². The Hall–Kier alpha value is -10.6. The fraction of sp³-hybridized carbons (Fsp3) is 0.400. The van der Waals surface area contributed by atoms with Crippen LogP contribution in [-0.4, -0.2) is 190 Å². The molecule has 7 heterocycles. The third-order valence-electron chi connectivity index (χ3n) is 21.3. The standard InChI is InChI=1S/C90H92N4O26/c1-53(95)103-45-61-39-41-62(42-40-61)48-106-87-71(92-93-91)77(104-46-59-29-15-7-16-30-59)73(67(112-87)49-101-43-57-25-11-5-12-26-57)118-90-82(111-56(4)98)80(76-70(115-90)52-108-86(117-76)64-35-21-10-22-36-64)120-88-72(94-83(99)65-37-23-24-38-66(65)84(94)100)78(105-47-60-31-17-8-18-32-60)74(68(113-88)50-102-44-58-27-13-6-14-28-58)119-89-81(110-55(3)97)79(109-54(2)96)75-69(114-89)51-107-85(116-75)63-33-19-9-20-34-63/h5-42,67-82,85-90H,43-52H2,1-4H3/t67-,68-,69-,70-,71-,72-,73-,74-,75+,76+,77-,78-,79+,80+,81-,82-,85+,86+,87-,88+,89+,90+/m1/s1. The van der Waals surface area contributed by atoms with Gasteiger partial charge in [0.15, 0.2) is 56.1 Å². The molecule has 7 aliphatic heterocycles. The Balaban J connectivity index is 0.855. The second kappa shape index (κ2) is 40.2. The van der Waals surface area contributed by atoms with Crippen LogP contribution in [-0.2, 0) is 154 Å². The molecule has 120 heavy (non-hydrogen) atoms. The molecule has 30 nitrogen and oxygen atoms in total. The molecule has 0 bridgehead atoms. The molecule has 22 atom stereocenters. The fourth-order valence-corrected chi connectivity index (χ4v) is 15.8. The second-order valence-corrected chi connectivity index (χ2v) is 29.7. The largest absolute Gasteiger partial charge is 0.461 e. The lowest BCUT2D eigenvalue weighted by atomic mass is 9.92. The molecule has 8 aromatic carbocycles. The first-order valence-corrected chi connectivity index (χ1v) is 39.7. The number of ether oxygens (including phenoxy) is 20. The van der Waals surface area contributed by atoms with Gasteiger partial charge in [-0.3, -0.25) is 33.7 Å². The summed E-state index contributed by atoms with van der Waals surface area (Å²) in [6.07, 6.45) is -29.0. The van der Waals surface area contributed by atoms with Crippen molar-refractivity contribution in [3.63, 3.8) is 0 Å². The number of carbonyl (C=O) groups is 6. The number of carbonyl (C=O) groups excluding carboxylic acids is 6. The first-order valence-electron chi connectivity index (χ1n) is 39.7. The minimum absolute atomic E-state index is 0.0102. The van der Waals surface area contributed by atoms with Gasteiger partial charge in [-0.2, -0.15) is 0 Å². The van der Waals surface area contributed by atoms with Crippen molar-refractivity contribution in [2.24, 2.45) is 5.11 Å². The molecule has 6 saturated heterocycles. The Morgan fingerprint density at radius 2 is 0.758 bits per heavy atom. The van der Waals surface area contributed by atoms with Gasteiger partial charge in [0.1, 0.15) is 85.8 Å². The van der Waals surface area contributed by atoms with Crippen LogP contribution in [0.2, 0.25) is 0 Å². The molecule has 2 amide bonds. The zero-order chi connectivity index (χ0) is 83.0. The van der Waals surface area contributed by atoms with E-state index in [0.717, 1.165) is 21.6 Å². The Kier molecular flexibility index (Phi) is 28.3. The number of rotatable bonds is 32. The molecular weight excluding hydrogens is 1550 g/mol. The first-order chi connectivity index (χ1) is 58.6. The summed E-state index contributed by atoms with van der Waals surface area (Å²) in [5, 5.41) is 4.34. The molecule has 628 valence electrons. The highest BCUT2D eigenvalue weighted by molar-refractivity contribution is 6.21. The van der Waals surface area contributed by atoms with Gasteiger partial charge in [0.25, 0.3) is 11.8 Å². The van der Waals surface area contributed by atoms with E-state index in [9.17, 15) is 24.7 Å². The minimum atomic E-state index is -1.93. The van der Waals surface area contributed by atoms with Crippen molar-refractivity contribution in [1.82, 2.24) is 4.90 Å². The normalized spacial score (nSPS) is 29.5. The van der Waals surface area contributed by atoms with Crippen molar-refractivity contribution < 1.29 is 124 Å². The van der Waals surface area contributed by atoms with Crippen LogP contribution < -0.4 is 0 Å². The van der Waals surface area contributed by atoms with Crippen LogP contribution >= 0.6 is 0 Å². The summed E-state index contributed by atoms with van der Waals surface area (Å²) in [4.78, 5) is 89.5. The summed E-state index contributed by atoms with van der Waals surface area (Å²) in [5.74, 6) is -4.54. The lowest BCUT2D eigenvalue weighted by Gasteiger charge is -2.54. The smallest absolute Gasteiger partial charge is 0.303 e. The Morgan fingerprint density at radius 1 is 0.383 bits per heavy atom. The van der Waals surface area contributed by atoms with Crippen LogP contribution in [0.1, 0.15) is 105 Å². The third-order valence-corrected chi connectivity index (χ3v) is 21.3. The van der Waals surface area contributed by atoms with E-state index in [2.05, 4.69) is 10.0 Å². The molecule has 0 spiro atoms. The van der Waals surface area contributed by atoms with E-state index < -0.39 is 178 Å². The fourth-order valence-electron chi connectivity index (χ4n) is 15.8. The highest BCUT2D eigenvalue weighted by Gasteiger charge is 2.63. The summed E-state index contributed by atoms with van der Waals surface area (Å²) in [6, 6.07) is 65.2. The van der Waals surface area contributed by atoms with Gasteiger partial charge in [0, 0.05) is 43.7 Å². The van der Waals surface area contributed by atoms with Gasteiger partial charge < -0.3 is 94.7 Å².